The van der Waals surface area contributed by atoms with Gasteiger partial charge < -0.3 is 9.73 Å². The van der Waals surface area contributed by atoms with Crippen molar-refractivity contribution in [2.75, 3.05) is 0 Å². The van der Waals surface area contributed by atoms with Crippen molar-refractivity contribution in [2.24, 2.45) is 0 Å². The number of rotatable bonds is 6. The summed E-state index contributed by atoms with van der Waals surface area (Å²) in [6.45, 7) is 0.782. The summed E-state index contributed by atoms with van der Waals surface area (Å²) < 4.78 is 7.13. The van der Waals surface area contributed by atoms with Gasteiger partial charge in [-0.05, 0) is 23.1 Å². The lowest BCUT2D eigenvalue weighted by atomic mass is 10.2. The number of oxazole rings is 1. The molecule has 0 aliphatic rings. The van der Waals surface area contributed by atoms with Crippen LogP contribution >= 0.6 is 22.9 Å². The molecule has 1 amide bonds. The second-order valence-corrected chi connectivity index (χ2v) is 7.18. The van der Waals surface area contributed by atoms with Gasteiger partial charge in [0.1, 0.15) is 6.26 Å². The van der Waals surface area contributed by atoms with Gasteiger partial charge >= 0.3 is 0 Å². The number of nitrogens with one attached hydrogen (secondary N) is 1. The van der Waals surface area contributed by atoms with Crippen LogP contribution < -0.4 is 5.32 Å². The van der Waals surface area contributed by atoms with Crippen molar-refractivity contribution in [3.05, 3.63) is 82.3 Å². The van der Waals surface area contributed by atoms with Crippen LogP contribution in [0.2, 0.25) is 5.02 Å². The van der Waals surface area contributed by atoms with Crippen LogP contribution in [0.4, 0.5) is 0 Å². The molecular formula is C19H15ClN4O2S. The summed E-state index contributed by atoms with van der Waals surface area (Å²) in [5.74, 6) is 0.336. The molecule has 0 radical (unpaired) electrons. The number of benzene rings is 1. The van der Waals surface area contributed by atoms with Gasteiger partial charge in [-0.15, -0.1) is 11.3 Å². The Hall–Kier alpha value is -2.90. The number of amides is 1. The van der Waals surface area contributed by atoms with Crippen LogP contribution in [-0.2, 0) is 13.1 Å². The molecule has 3 heterocycles. The molecule has 0 saturated carbocycles. The summed E-state index contributed by atoms with van der Waals surface area (Å²) in [7, 11) is 0. The fourth-order valence-electron chi connectivity index (χ4n) is 2.54. The van der Waals surface area contributed by atoms with Crippen molar-refractivity contribution in [1.29, 1.82) is 0 Å². The molecule has 6 nitrogen and oxygen atoms in total. The minimum absolute atomic E-state index is 0.221. The Kier molecular flexibility index (Phi) is 5.04. The molecule has 0 aliphatic heterocycles. The highest BCUT2D eigenvalue weighted by molar-refractivity contribution is 7.13. The van der Waals surface area contributed by atoms with E-state index in [9.17, 15) is 4.79 Å². The predicted molar refractivity (Wildman–Crippen MR) is 104 cm³/mol. The first kappa shape index (κ1) is 17.5. The van der Waals surface area contributed by atoms with Gasteiger partial charge in [-0.25, -0.2) is 4.98 Å². The zero-order chi connectivity index (χ0) is 18.6. The van der Waals surface area contributed by atoms with Crippen molar-refractivity contribution in [2.45, 2.75) is 13.1 Å². The summed E-state index contributed by atoms with van der Waals surface area (Å²) in [5.41, 5.74) is 2.08. The van der Waals surface area contributed by atoms with Crippen LogP contribution in [0.15, 0.2) is 64.9 Å². The van der Waals surface area contributed by atoms with E-state index < -0.39 is 0 Å². The second kappa shape index (κ2) is 7.77. The number of hydrogen-bond acceptors (Lipinski definition) is 5. The van der Waals surface area contributed by atoms with Gasteiger partial charge in [0.25, 0.3) is 5.91 Å². The molecule has 1 N–H and O–H groups in total. The van der Waals surface area contributed by atoms with E-state index in [1.165, 1.54) is 6.20 Å². The largest absolute Gasteiger partial charge is 0.443 e. The molecule has 0 saturated heterocycles. The standard InChI is InChI=1S/C19H15ClN4O2S/c20-16-5-2-1-4-13(16)10-24-11-14(8-22-24)18(25)21-9-15-12-26-19(23-15)17-6-3-7-27-17/h1-8,11-12H,9-10H2,(H,21,25). The quantitative estimate of drug-likeness (QED) is 0.527. The molecule has 27 heavy (non-hydrogen) atoms. The first-order chi connectivity index (χ1) is 13.2. The predicted octanol–water partition coefficient (Wildman–Crippen LogP) is 4.23. The highest BCUT2D eigenvalue weighted by atomic mass is 35.5. The Labute approximate surface area is 164 Å². The summed E-state index contributed by atoms with van der Waals surface area (Å²) in [6, 6.07) is 11.4. The third-order valence-corrected chi connectivity index (χ3v) is 5.13. The molecule has 0 spiro atoms. The maximum atomic E-state index is 12.3. The first-order valence-corrected chi connectivity index (χ1v) is 9.47. The maximum absolute atomic E-state index is 12.3. The minimum atomic E-state index is -0.221. The fourth-order valence-corrected chi connectivity index (χ4v) is 3.39. The molecule has 4 rings (SSSR count). The van der Waals surface area contributed by atoms with Crippen molar-refractivity contribution in [1.82, 2.24) is 20.1 Å². The normalized spacial score (nSPS) is 10.9. The van der Waals surface area contributed by atoms with E-state index >= 15 is 0 Å². The van der Waals surface area contributed by atoms with E-state index in [0.717, 1.165) is 10.4 Å². The molecular weight excluding hydrogens is 384 g/mol. The van der Waals surface area contributed by atoms with Crippen LogP contribution in [0.3, 0.4) is 0 Å². The molecule has 3 aromatic heterocycles. The number of carbonyl (C=O) groups is 1. The molecule has 1 aromatic carbocycles. The van der Waals surface area contributed by atoms with E-state index in [2.05, 4.69) is 15.4 Å². The molecule has 0 bridgehead atoms. The molecule has 0 unspecified atom stereocenters. The van der Waals surface area contributed by atoms with Crippen molar-refractivity contribution >= 4 is 28.8 Å². The van der Waals surface area contributed by atoms with E-state index in [-0.39, 0.29) is 12.5 Å². The lowest BCUT2D eigenvalue weighted by molar-refractivity contribution is 0.0950. The van der Waals surface area contributed by atoms with Crippen LogP contribution in [0, 0.1) is 0 Å². The van der Waals surface area contributed by atoms with Gasteiger partial charge in [0.05, 0.1) is 35.4 Å². The van der Waals surface area contributed by atoms with Crippen LogP contribution in [0.25, 0.3) is 10.8 Å². The molecule has 4 aromatic rings. The maximum Gasteiger partial charge on any atom is 0.254 e. The van der Waals surface area contributed by atoms with Crippen molar-refractivity contribution in [3.63, 3.8) is 0 Å². The van der Waals surface area contributed by atoms with Gasteiger partial charge in [-0.2, -0.15) is 5.10 Å². The number of carbonyl (C=O) groups excluding carboxylic acids is 1. The average Bonchev–Trinajstić information content (AvgIpc) is 3.43. The number of halogens is 1. The molecule has 0 fully saturated rings. The Bertz CT molecular complexity index is 1060. The van der Waals surface area contributed by atoms with Crippen molar-refractivity contribution in [3.8, 4) is 10.8 Å². The number of thiophene rings is 1. The Morgan fingerprint density at radius 2 is 2.15 bits per heavy atom. The van der Waals surface area contributed by atoms with E-state index in [0.29, 0.717) is 28.7 Å². The third kappa shape index (κ3) is 4.10. The van der Waals surface area contributed by atoms with Gasteiger partial charge in [-0.3, -0.25) is 9.48 Å². The average molecular weight is 399 g/mol. The van der Waals surface area contributed by atoms with E-state index in [1.807, 2.05) is 41.8 Å². The molecule has 0 atom stereocenters. The SMILES string of the molecule is O=C(NCc1coc(-c2cccs2)n1)c1cnn(Cc2ccccc2Cl)c1. The second-order valence-electron chi connectivity index (χ2n) is 5.82. The smallest absolute Gasteiger partial charge is 0.254 e. The Morgan fingerprint density at radius 1 is 1.26 bits per heavy atom. The van der Waals surface area contributed by atoms with Crippen LogP contribution in [0.5, 0.6) is 0 Å². The summed E-state index contributed by atoms with van der Waals surface area (Å²) in [6.07, 6.45) is 4.78. The third-order valence-electron chi connectivity index (χ3n) is 3.90. The summed E-state index contributed by atoms with van der Waals surface area (Å²) in [5, 5.41) is 9.69. The Morgan fingerprint density at radius 3 is 2.96 bits per heavy atom. The lowest BCUT2D eigenvalue weighted by Crippen LogP contribution is -2.22. The first-order valence-electron chi connectivity index (χ1n) is 8.21. The lowest BCUT2D eigenvalue weighted by Gasteiger charge is -2.04. The molecule has 136 valence electrons. The zero-order valence-corrected chi connectivity index (χ0v) is 15.7. The van der Waals surface area contributed by atoms with Crippen LogP contribution in [-0.4, -0.2) is 20.7 Å². The van der Waals surface area contributed by atoms with Gasteiger partial charge in [0, 0.05) is 11.2 Å². The van der Waals surface area contributed by atoms with Gasteiger partial charge in [-0.1, -0.05) is 35.9 Å². The Balaban J connectivity index is 1.36. The topological polar surface area (TPSA) is 73.0 Å². The summed E-state index contributed by atoms with van der Waals surface area (Å²) in [4.78, 5) is 17.7. The zero-order valence-electron chi connectivity index (χ0n) is 14.1. The minimum Gasteiger partial charge on any atom is -0.443 e. The fraction of sp³-hybridized carbons (Fsp3) is 0.105. The molecule has 8 heteroatoms. The summed E-state index contributed by atoms with van der Waals surface area (Å²) >= 11 is 7.72. The monoisotopic (exact) mass is 398 g/mol. The van der Waals surface area contributed by atoms with Crippen LogP contribution in [0.1, 0.15) is 21.6 Å². The number of hydrogen-bond donors (Lipinski definition) is 1. The van der Waals surface area contributed by atoms with Crippen molar-refractivity contribution < 1.29 is 9.21 Å². The highest BCUT2D eigenvalue weighted by Gasteiger charge is 2.12. The number of aromatic nitrogens is 3. The van der Waals surface area contributed by atoms with Gasteiger partial charge in [0.2, 0.25) is 5.89 Å². The number of nitrogens with zero attached hydrogens (tertiary/aromatic N) is 3. The highest BCUT2D eigenvalue weighted by Crippen LogP contribution is 2.23. The van der Waals surface area contributed by atoms with Gasteiger partial charge in [0.15, 0.2) is 0 Å². The van der Waals surface area contributed by atoms with E-state index in [4.69, 9.17) is 16.0 Å². The molecule has 0 aliphatic carbocycles. The van der Waals surface area contributed by atoms with E-state index in [1.54, 1.807) is 28.5 Å².